The van der Waals surface area contributed by atoms with Crippen molar-refractivity contribution in [3.63, 3.8) is 0 Å². The van der Waals surface area contributed by atoms with Gasteiger partial charge in [-0.2, -0.15) is 0 Å². The molecule has 1 N–H and O–H groups in total. The molecule has 0 saturated carbocycles. The van der Waals surface area contributed by atoms with Crippen LogP contribution < -0.4 is 10.1 Å². The summed E-state index contributed by atoms with van der Waals surface area (Å²) in [4.78, 5) is 4.41. The third-order valence-electron chi connectivity index (χ3n) is 2.94. The molecule has 0 amide bonds. The van der Waals surface area contributed by atoms with Gasteiger partial charge >= 0.3 is 0 Å². The zero-order chi connectivity index (χ0) is 13.0. The summed E-state index contributed by atoms with van der Waals surface area (Å²) >= 11 is 0. The van der Waals surface area contributed by atoms with Gasteiger partial charge in [-0.25, -0.2) is 4.98 Å². The summed E-state index contributed by atoms with van der Waals surface area (Å²) in [5, 5.41) is 3.30. The zero-order valence-electron chi connectivity index (χ0n) is 11.1. The Morgan fingerprint density at radius 3 is 2.78 bits per heavy atom. The topological polar surface area (TPSA) is 39.1 Å². The van der Waals surface area contributed by atoms with Gasteiger partial charge in [-0.1, -0.05) is 18.2 Å². The molecule has 0 spiro atoms. The van der Waals surface area contributed by atoms with Crippen molar-refractivity contribution in [3.05, 3.63) is 48.0 Å². The van der Waals surface area contributed by atoms with Gasteiger partial charge in [-0.05, 0) is 20.0 Å². The molecule has 1 atom stereocenters. The maximum atomic E-state index is 5.68. The number of hydrogen-bond donors (Lipinski definition) is 1. The SMILES string of the molecule is CCOc1ccccc1C(NC)c1nccn1C. The van der Waals surface area contributed by atoms with Gasteiger partial charge in [0.15, 0.2) is 0 Å². The molecule has 4 heteroatoms. The summed E-state index contributed by atoms with van der Waals surface area (Å²) < 4.78 is 7.70. The van der Waals surface area contributed by atoms with E-state index in [1.54, 1.807) is 0 Å². The summed E-state index contributed by atoms with van der Waals surface area (Å²) in [6, 6.07) is 8.10. The lowest BCUT2D eigenvalue weighted by atomic mass is 10.1. The van der Waals surface area contributed by atoms with Gasteiger partial charge in [0, 0.05) is 25.0 Å². The predicted octanol–water partition coefficient (Wildman–Crippen LogP) is 2.13. The van der Waals surface area contributed by atoms with Crippen LogP contribution in [-0.2, 0) is 7.05 Å². The van der Waals surface area contributed by atoms with E-state index in [1.807, 2.05) is 56.2 Å². The van der Waals surface area contributed by atoms with Gasteiger partial charge < -0.3 is 14.6 Å². The van der Waals surface area contributed by atoms with E-state index in [0.29, 0.717) is 6.61 Å². The first kappa shape index (κ1) is 12.6. The van der Waals surface area contributed by atoms with Gasteiger partial charge in [-0.15, -0.1) is 0 Å². The number of ether oxygens (including phenoxy) is 1. The maximum Gasteiger partial charge on any atom is 0.130 e. The van der Waals surface area contributed by atoms with Crippen LogP contribution in [0.15, 0.2) is 36.7 Å². The van der Waals surface area contributed by atoms with E-state index in [4.69, 9.17) is 4.74 Å². The summed E-state index contributed by atoms with van der Waals surface area (Å²) in [5.41, 5.74) is 1.11. The van der Waals surface area contributed by atoms with Crippen LogP contribution in [0.5, 0.6) is 5.75 Å². The van der Waals surface area contributed by atoms with Crippen molar-refractivity contribution in [2.75, 3.05) is 13.7 Å². The minimum Gasteiger partial charge on any atom is -0.494 e. The number of nitrogens with zero attached hydrogens (tertiary/aromatic N) is 2. The monoisotopic (exact) mass is 245 g/mol. The van der Waals surface area contributed by atoms with E-state index in [0.717, 1.165) is 17.1 Å². The summed E-state index contributed by atoms with van der Waals surface area (Å²) in [6.45, 7) is 2.65. The van der Waals surface area contributed by atoms with Crippen molar-refractivity contribution >= 4 is 0 Å². The van der Waals surface area contributed by atoms with Crippen LogP contribution in [-0.4, -0.2) is 23.2 Å². The van der Waals surface area contributed by atoms with Crippen molar-refractivity contribution in [2.24, 2.45) is 7.05 Å². The van der Waals surface area contributed by atoms with Crippen LogP contribution in [0.2, 0.25) is 0 Å². The molecular formula is C14H19N3O. The Hall–Kier alpha value is -1.81. The number of nitrogens with one attached hydrogen (secondary N) is 1. The Balaban J connectivity index is 2.42. The van der Waals surface area contributed by atoms with Crippen LogP contribution in [0.3, 0.4) is 0 Å². The molecule has 96 valence electrons. The quantitative estimate of drug-likeness (QED) is 0.877. The van der Waals surface area contributed by atoms with Gasteiger partial charge in [0.1, 0.15) is 11.6 Å². The second-order valence-corrected chi connectivity index (χ2v) is 4.09. The number of hydrogen-bond acceptors (Lipinski definition) is 3. The Morgan fingerprint density at radius 2 is 2.17 bits per heavy atom. The van der Waals surface area contributed by atoms with Crippen molar-refractivity contribution < 1.29 is 4.74 Å². The Bertz CT molecular complexity index is 507. The lowest BCUT2D eigenvalue weighted by molar-refractivity contribution is 0.333. The number of rotatable bonds is 5. The molecule has 0 aliphatic heterocycles. The van der Waals surface area contributed by atoms with Crippen LogP contribution >= 0.6 is 0 Å². The molecule has 1 unspecified atom stereocenters. The van der Waals surface area contributed by atoms with Crippen molar-refractivity contribution in [3.8, 4) is 5.75 Å². The number of aromatic nitrogens is 2. The average Bonchev–Trinajstić information content (AvgIpc) is 2.79. The molecule has 1 heterocycles. The molecule has 0 bridgehead atoms. The van der Waals surface area contributed by atoms with Crippen LogP contribution in [0.1, 0.15) is 24.4 Å². The Morgan fingerprint density at radius 1 is 1.39 bits per heavy atom. The highest BCUT2D eigenvalue weighted by Crippen LogP contribution is 2.28. The number of imidazole rings is 1. The second kappa shape index (κ2) is 5.69. The van der Waals surface area contributed by atoms with Gasteiger partial charge in [0.2, 0.25) is 0 Å². The Labute approximate surface area is 108 Å². The highest BCUT2D eigenvalue weighted by atomic mass is 16.5. The summed E-state index contributed by atoms with van der Waals surface area (Å²) in [7, 11) is 3.93. The maximum absolute atomic E-state index is 5.68. The lowest BCUT2D eigenvalue weighted by Crippen LogP contribution is -2.22. The van der Waals surface area contributed by atoms with Crippen molar-refractivity contribution in [2.45, 2.75) is 13.0 Å². The van der Waals surface area contributed by atoms with E-state index >= 15 is 0 Å². The molecule has 1 aromatic carbocycles. The molecule has 0 fully saturated rings. The summed E-state index contributed by atoms with van der Waals surface area (Å²) in [6.07, 6.45) is 3.76. The fourth-order valence-electron chi connectivity index (χ4n) is 2.08. The van der Waals surface area contributed by atoms with Crippen molar-refractivity contribution in [1.29, 1.82) is 0 Å². The highest BCUT2D eigenvalue weighted by Gasteiger charge is 2.19. The van der Waals surface area contributed by atoms with Gasteiger partial charge in [-0.3, -0.25) is 0 Å². The molecule has 18 heavy (non-hydrogen) atoms. The van der Waals surface area contributed by atoms with Gasteiger partial charge in [0.25, 0.3) is 0 Å². The third-order valence-corrected chi connectivity index (χ3v) is 2.94. The van der Waals surface area contributed by atoms with Gasteiger partial charge in [0.05, 0.1) is 12.6 Å². The van der Waals surface area contributed by atoms with E-state index in [-0.39, 0.29) is 6.04 Å². The van der Waals surface area contributed by atoms with Crippen LogP contribution in [0, 0.1) is 0 Å². The number of benzene rings is 1. The van der Waals surface area contributed by atoms with Crippen LogP contribution in [0.4, 0.5) is 0 Å². The zero-order valence-corrected chi connectivity index (χ0v) is 11.1. The lowest BCUT2D eigenvalue weighted by Gasteiger charge is -2.19. The largest absolute Gasteiger partial charge is 0.494 e. The van der Waals surface area contributed by atoms with E-state index in [2.05, 4.69) is 16.4 Å². The predicted molar refractivity (Wildman–Crippen MR) is 71.7 cm³/mol. The first-order chi connectivity index (χ1) is 8.77. The minimum atomic E-state index is 0.0350. The summed E-state index contributed by atoms with van der Waals surface area (Å²) in [5.74, 6) is 1.88. The molecule has 0 aliphatic carbocycles. The standard InChI is InChI=1S/C14H19N3O/c1-4-18-12-8-6-5-7-11(12)13(15-2)14-16-9-10-17(14)3/h5-10,13,15H,4H2,1-3H3. The molecule has 1 aromatic heterocycles. The van der Waals surface area contributed by atoms with Crippen LogP contribution in [0.25, 0.3) is 0 Å². The molecule has 2 rings (SSSR count). The molecule has 0 saturated heterocycles. The molecule has 2 aromatic rings. The first-order valence-corrected chi connectivity index (χ1v) is 6.14. The van der Waals surface area contributed by atoms with Crippen molar-refractivity contribution in [1.82, 2.24) is 14.9 Å². The molecule has 0 radical (unpaired) electrons. The van der Waals surface area contributed by atoms with E-state index in [1.165, 1.54) is 0 Å². The fraction of sp³-hybridized carbons (Fsp3) is 0.357. The highest BCUT2D eigenvalue weighted by molar-refractivity contribution is 5.39. The average molecular weight is 245 g/mol. The van der Waals surface area contributed by atoms with E-state index < -0.39 is 0 Å². The normalized spacial score (nSPS) is 12.4. The second-order valence-electron chi connectivity index (χ2n) is 4.09. The minimum absolute atomic E-state index is 0.0350. The number of aryl methyl sites for hydroxylation is 1. The molecule has 0 aliphatic rings. The molecule has 4 nitrogen and oxygen atoms in total. The molecular weight excluding hydrogens is 226 g/mol. The number of para-hydroxylation sites is 1. The first-order valence-electron chi connectivity index (χ1n) is 6.14. The fourth-order valence-corrected chi connectivity index (χ4v) is 2.08. The smallest absolute Gasteiger partial charge is 0.130 e. The van der Waals surface area contributed by atoms with E-state index in [9.17, 15) is 0 Å². The third kappa shape index (κ3) is 2.38. The Kier molecular flexibility index (Phi) is 3.99.